The maximum atomic E-state index is 12.8. The summed E-state index contributed by atoms with van der Waals surface area (Å²) in [6.45, 7) is 3.23. The van der Waals surface area contributed by atoms with E-state index in [1.165, 1.54) is 42.5 Å². The van der Waals surface area contributed by atoms with Gasteiger partial charge in [0.25, 0.3) is 11.8 Å². The van der Waals surface area contributed by atoms with E-state index in [2.05, 4.69) is 0 Å². The number of benzene rings is 3. The van der Waals surface area contributed by atoms with Gasteiger partial charge in [-0.3, -0.25) is 14.4 Å². The molecule has 0 saturated heterocycles. The average Bonchev–Trinajstić information content (AvgIpc) is 3.03. The molecular weight excluding hydrogens is 410 g/mol. The van der Waals surface area contributed by atoms with E-state index in [9.17, 15) is 24.3 Å². The zero-order valence-electron chi connectivity index (χ0n) is 17.4. The van der Waals surface area contributed by atoms with Crippen LogP contribution in [0.1, 0.15) is 52.6 Å². The zero-order valence-corrected chi connectivity index (χ0v) is 17.4. The molecule has 1 N–H and O–H groups in total. The number of amides is 2. The summed E-state index contributed by atoms with van der Waals surface area (Å²) >= 11 is 0. The molecule has 1 aliphatic heterocycles. The summed E-state index contributed by atoms with van der Waals surface area (Å²) in [5, 5.41) is 9.43. The predicted octanol–water partition coefficient (Wildman–Crippen LogP) is 3.85. The van der Waals surface area contributed by atoms with Gasteiger partial charge in [0.05, 0.1) is 22.4 Å². The quantitative estimate of drug-likeness (QED) is 0.376. The lowest BCUT2D eigenvalue weighted by molar-refractivity contribution is 0.0474. The summed E-state index contributed by atoms with van der Waals surface area (Å²) in [6.07, 6.45) is 0. The molecule has 1 heterocycles. The molecule has 0 bridgehead atoms. The van der Waals surface area contributed by atoms with Crippen molar-refractivity contribution in [2.45, 2.75) is 13.8 Å². The molecule has 1 aliphatic rings. The highest BCUT2D eigenvalue weighted by atomic mass is 16.5. The van der Waals surface area contributed by atoms with Gasteiger partial charge in [-0.1, -0.05) is 17.7 Å². The van der Waals surface area contributed by atoms with Crippen LogP contribution in [0, 0.1) is 13.8 Å². The lowest BCUT2D eigenvalue weighted by atomic mass is 10.0. The molecule has 4 rings (SSSR count). The highest BCUT2D eigenvalue weighted by molar-refractivity contribution is 6.34. The maximum Gasteiger partial charge on any atom is 0.338 e. The lowest BCUT2D eigenvalue weighted by Gasteiger charge is -2.13. The Morgan fingerprint density at radius 3 is 2.28 bits per heavy atom. The van der Waals surface area contributed by atoms with E-state index in [1.807, 2.05) is 19.1 Å². The van der Waals surface area contributed by atoms with Crippen LogP contribution in [0.2, 0.25) is 0 Å². The molecule has 2 amide bonds. The first kappa shape index (κ1) is 21.0. The highest BCUT2D eigenvalue weighted by Gasteiger charge is 2.37. The number of fused-ring (bicyclic) bond motifs is 1. The Kier molecular flexibility index (Phi) is 5.32. The fraction of sp³-hybridized carbons (Fsp3) is 0.120. The minimum atomic E-state index is -0.769. The fourth-order valence-corrected chi connectivity index (χ4v) is 3.53. The van der Waals surface area contributed by atoms with Gasteiger partial charge in [0.15, 0.2) is 6.61 Å². The molecule has 0 aromatic heterocycles. The van der Waals surface area contributed by atoms with E-state index in [1.54, 1.807) is 13.0 Å². The normalized spacial score (nSPS) is 12.6. The van der Waals surface area contributed by atoms with Gasteiger partial charge in [0.1, 0.15) is 5.75 Å². The third-order valence-corrected chi connectivity index (χ3v) is 5.26. The van der Waals surface area contributed by atoms with E-state index in [-0.39, 0.29) is 28.2 Å². The van der Waals surface area contributed by atoms with Gasteiger partial charge in [0, 0.05) is 5.56 Å². The Hall–Kier alpha value is -4.26. The molecule has 0 unspecified atom stereocenters. The number of phenolic OH excluding ortho intramolecular Hbond substituents is 1. The number of rotatable bonds is 5. The number of carbonyl (C=O) groups is 4. The number of ether oxygens (including phenoxy) is 1. The summed E-state index contributed by atoms with van der Waals surface area (Å²) in [6, 6.07) is 15.2. The van der Waals surface area contributed by atoms with Gasteiger partial charge in [-0.25, -0.2) is 9.69 Å². The average molecular weight is 429 g/mol. The van der Waals surface area contributed by atoms with E-state index in [0.29, 0.717) is 11.3 Å². The van der Waals surface area contributed by atoms with Gasteiger partial charge in [0.2, 0.25) is 5.78 Å². The summed E-state index contributed by atoms with van der Waals surface area (Å²) in [5.41, 5.74) is 2.78. The second-order valence-electron chi connectivity index (χ2n) is 7.54. The first-order valence-electron chi connectivity index (χ1n) is 9.85. The van der Waals surface area contributed by atoms with Crippen LogP contribution in [0.4, 0.5) is 5.69 Å². The Morgan fingerprint density at radius 2 is 1.56 bits per heavy atom. The summed E-state index contributed by atoms with van der Waals surface area (Å²) in [7, 11) is 0. The van der Waals surface area contributed by atoms with Crippen molar-refractivity contribution in [1.29, 1.82) is 0 Å². The molecular formula is C25H19NO6. The number of hydrogen-bond donors (Lipinski definition) is 1. The van der Waals surface area contributed by atoms with Gasteiger partial charge in [-0.15, -0.1) is 0 Å². The third kappa shape index (κ3) is 3.76. The SMILES string of the molecule is Cc1ccc(C)c(C(=O)COC(=O)c2ccc3c(c2)C(=O)N(c2ccc(O)cc2)C3=O)c1. The summed E-state index contributed by atoms with van der Waals surface area (Å²) in [4.78, 5) is 51.4. The molecule has 0 atom stereocenters. The second-order valence-corrected chi connectivity index (χ2v) is 7.54. The largest absolute Gasteiger partial charge is 0.508 e. The van der Waals surface area contributed by atoms with Crippen LogP contribution >= 0.6 is 0 Å². The first-order chi connectivity index (χ1) is 15.3. The molecule has 0 radical (unpaired) electrons. The number of imide groups is 1. The van der Waals surface area contributed by atoms with Crippen LogP contribution in [-0.4, -0.2) is 35.3 Å². The number of Topliss-reactive ketones (excluding diaryl/α,β-unsaturated/α-hetero) is 1. The molecule has 3 aromatic rings. The van der Waals surface area contributed by atoms with E-state index in [0.717, 1.165) is 16.0 Å². The van der Waals surface area contributed by atoms with Crippen molar-refractivity contribution in [3.8, 4) is 5.75 Å². The van der Waals surface area contributed by atoms with Crippen LogP contribution in [0.5, 0.6) is 5.75 Å². The molecule has 3 aromatic carbocycles. The molecule has 0 aliphatic carbocycles. The number of carbonyl (C=O) groups excluding carboxylic acids is 4. The number of hydrogen-bond acceptors (Lipinski definition) is 6. The number of anilines is 1. The number of aromatic hydroxyl groups is 1. The van der Waals surface area contributed by atoms with E-state index < -0.39 is 24.4 Å². The molecule has 160 valence electrons. The minimum absolute atomic E-state index is 0.00537. The number of nitrogens with zero attached hydrogens (tertiary/aromatic N) is 1. The van der Waals surface area contributed by atoms with E-state index >= 15 is 0 Å². The van der Waals surface area contributed by atoms with Crippen LogP contribution in [-0.2, 0) is 4.74 Å². The van der Waals surface area contributed by atoms with Crippen molar-refractivity contribution in [2.24, 2.45) is 0 Å². The fourth-order valence-electron chi connectivity index (χ4n) is 3.53. The van der Waals surface area contributed by atoms with Crippen molar-refractivity contribution in [3.05, 3.63) is 94.0 Å². The van der Waals surface area contributed by atoms with Crippen molar-refractivity contribution < 1.29 is 29.0 Å². The Balaban J connectivity index is 1.51. The van der Waals surface area contributed by atoms with Gasteiger partial charge in [-0.2, -0.15) is 0 Å². The van der Waals surface area contributed by atoms with Gasteiger partial charge in [-0.05, 0) is 67.9 Å². The Bertz CT molecular complexity index is 1280. The predicted molar refractivity (Wildman–Crippen MR) is 116 cm³/mol. The van der Waals surface area contributed by atoms with Crippen molar-refractivity contribution in [1.82, 2.24) is 0 Å². The molecule has 0 saturated carbocycles. The molecule has 7 heteroatoms. The second kappa shape index (κ2) is 8.11. The molecule has 32 heavy (non-hydrogen) atoms. The maximum absolute atomic E-state index is 12.8. The molecule has 0 fully saturated rings. The monoisotopic (exact) mass is 429 g/mol. The van der Waals surface area contributed by atoms with Gasteiger partial charge >= 0.3 is 5.97 Å². The van der Waals surface area contributed by atoms with Crippen molar-refractivity contribution >= 4 is 29.3 Å². The summed E-state index contributed by atoms with van der Waals surface area (Å²) < 4.78 is 5.16. The minimum Gasteiger partial charge on any atom is -0.508 e. The first-order valence-corrected chi connectivity index (χ1v) is 9.85. The number of ketones is 1. The van der Waals surface area contributed by atoms with Gasteiger partial charge < -0.3 is 9.84 Å². The van der Waals surface area contributed by atoms with Crippen LogP contribution in [0.3, 0.4) is 0 Å². The van der Waals surface area contributed by atoms with Crippen LogP contribution in [0.15, 0.2) is 60.7 Å². The number of aryl methyl sites for hydroxylation is 2. The number of phenols is 1. The zero-order chi connectivity index (χ0) is 23.0. The topological polar surface area (TPSA) is 101 Å². The van der Waals surface area contributed by atoms with Crippen molar-refractivity contribution in [3.63, 3.8) is 0 Å². The van der Waals surface area contributed by atoms with E-state index in [4.69, 9.17) is 4.74 Å². The Morgan fingerprint density at radius 1 is 0.875 bits per heavy atom. The lowest BCUT2D eigenvalue weighted by Crippen LogP contribution is -2.29. The molecule has 0 spiro atoms. The Labute approximate surface area is 183 Å². The smallest absolute Gasteiger partial charge is 0.338 e. The number of esters is 1. The van der Waals surface area contributed by atoms with Crippen molar-refractivity contribution in [2.75, 3.05) is 11.5 Å². The summed E-state index contributed by atoms with van der Waals surface area (Å²) in [5.74, 6) is -2.21. The van der Waals surface area contributed by atoms with Crippen LogP contribution < -0.4 is 4.90 Å². The highest BCUT2D eigenvalue weighted by Crippen LogP contribution is 2.30. The molecule has 7 nitrogen and oxygen atoms in total. The third-order valence-electron chi connectivity index (χ3n) is 5.26. The van der Waals surface area contributed by atoms with Crippen LogP contribution in [0.25, 0.3) is 0 Å². The standard InChI is InChI=1S/C25H19NO6/c1-14-3-4-15(2)20(11-14)22(28)13-32-25(31)16-5-10-19-21(12-16)24(30)26(23(19)29)17-6-8-18(27)9-7-17/h3-12,27H,13H2,1-2H3.